The van der Waals surface area contributed by atoms with Crippen molar-refractivity contribution in [2.45, 2.75) is 6.54 Å². The van der Waals surface area contributed by atoms with Gasteiger partial charge >= 0.3 is 0 Å². The molecule has 0 heterocycles. The van der Waals surface area contributed by atoms with E-state index in [1.807, 2.05) is 18.2 Å². The predicted molar refractivity (Wildman–Crippen MR) is 86.7 cm³/mol. The van der Waals surface area contributed by atoms with Crippen molar-refractivity contribution < 1.29 is 14.6 Å². The van der Waals surface area contributed by atoms with E-state index in [1.54, 1.807) is 24.3 Å². The van der Waals surface area contributed by atoms with Crippen molar-refractivity contribution >= 4 is 29.1 Å². The summed E-state index contributed by atoms with van der Waals surface area (Å²) in [6, 6.07) is 12.2. The van der Waals surface area contributed by atoms with Crippen LogP contribution >= 0.6 is 23.2 Å². The summed E-state index contributed by atoms with van der Waals surface area (Å²) in [5.41, 5.74) is 1.05. The zero-order valence-corrected chi connectivity index (χ0v) is 13.2. The third-order valence-electron chi connectivity index (χ3n) is 2.95. The molecule has 0 aliphatic carbocycles. The first kappa shape index (κ1) is 16.6. The van der Waals surface area contributed by atoms with E-state index in [0.717, 1.165) is 5.56 Å². The van der Waals surface area contributed by atoms with Crippen molar-refractivity contribution in [3.8, 4) is 5.75 Å². The van der Waals surface area contributed by atoms with E-state index < -0.39 is 0 Å². The summed E-state index contributed by atoms with van der Waals surface area (Å²) in [4.78, 5) is 12.2. The maximum Gasteiger partial charge on any atom is 0.254 e. The van der Waals surface area contributed by atoms with Crippen molar-refractivity contribution in [1.82, 2.24) is 5.32 Å². The van der Waals surface area contributed by atoms with Crippen LogP contribution in [0.4, 0.5) is 0 Å². The third-order valence-corrected chi connectivity index (χ3v) is 3.58. The number of aliphatic hydroxyl groups is 1. The summed E-state index contributed by atoms with van der Waals surface area (Å²) in [7, 11) is 0. The highest BCUT2D eigenvalue weighted by Gasteiger charge is 2.14. The molecule has 2 aromatic rings. The molecule has 2 aromatic carbocycles. The number of nitrogens with one attached hydrogen (secondary N) is 1. The average molecular weight is 340 g/mol. The summed E-state index contributed by atoms with van der Waals surface area (Å²) in [6.45, 7) is 0.388. The van der Waals surface area contributed by atoms with Gasteiger partial charge in [-0.15, -0.1) is 0 Å². The number of halogens is 2. The van der Waals surface area contributed by atoms with E-state index in [-0.39, 0.29) is 31.2 Å². The molecule has 0 bridgehead atoms. The first-order valence-electron chi connectivity index (χ1n) is 6.67. The van der Waals surface area contributed by atoms with Crippen LogP contribution in [0, 0.1) is 0 Å². The van der Waals surface area contributed by atoms with E-state index in [1.165, 1.54) is 0 Å². The van der Waals surface area contributed by atoms with Gasteiger partial charge in [-0.1, -0.05) is 47.5 Å². The highest BCUT2D eigenvalue weighted by atomic mass is 35.5. The Kier molecular flexibility index (Phi) is 6.07. The highest BCUT2D eigenvalue weighted by molar-refractivity contribution is 6.39. The van der Waals surface area contributed by atoms with Gasteiger partial charge in [-0.05, 0) is 18.2 Å². The van der Waals surface area contributed by atoms with Crippen LogP contribution < -0.4 is 10.1 Å². The second-order valence-corrected chi connectivity index (χ2v) is 5.27. The van der Waals surface area contributed by atoms with Crippen molar-refractivity contribution in [2.24, 2.45) is 0 Å². The Morgan fingerprint density at radius 2 is 1.77 bits per heavy atom. The van der Waals surface area contributed by atoms with Crippen LogP contribution in [0.5, 0.6) is 5.75 Å². The van der Waals surface area contributed by atoms with Crippen molar-refractivity contribution in [1.29, 1.82) is 0 Å². The molecule has 0 radical (unpaired) electrons. The largest absolute Gasteiger partial charge is 0.491 e. The Labute approximate surface area is 138 Å². The molecular formula is C16H15Cl2NO3. The molecule has 0 aromatic heterocycles. The molecule has 0 aliphatic rings. The molecule has 0 aliphatic heterocycles. The lowest BCUT2D eigenvalue weighted by Crippen LogP contribution is -2.24. The first-order chi connectivity index (χ1) is 10.6. The van der Waals surface area contributed by atoms with E-state index in [0.29, 0.717) is 15.8 Å². The van der Waals surface area contributed by atoms with Gasteiger partial charge in [0.2, 0.25) is 0 Å². The maximum absolute atomic E-state index is 12.2. The summed E-state index contributed by atoms with van der Waals surface area (Å²) < 4.78 is 5.42. The Morgan fingerprint density at radius 1 is 1.09 bits per heavy atom. The minimum Gasteiger partial charge on any atom is -0.491 e. The molecule has 2 N–H and O–H groups in total. The summed E-state index contributed by atoms with van der Waals surface area (Å²) >= 11 is 12.0. The minimum absolute atomic E-state index is 0.0735. The SMILES string of the molecule is O=C(NCc1ccccc1OCCO)c1c(Cl)cccc1Cl. The molecule has 6 heteroatoms. The topological polar surface area (TPSA) is 58.6 Å². The molecule has 22 heavy (non-hydrogen) atoms. The average Bonchev–Trinajstić information content (AvgIpc) is 2.51. The lowest BCUT2D eigenvalue weighted by atomic mass is 10.1. The predicted octanol–water partition coefficient (Wildman–Crippen LogP) is 3.29. The molecule has 116 valence electrons. The van der Waals surface area contributed by atoms with Gasteiger partial charge in [0, 0.05) is 12.1 Å². The van der Waals surface area contributed by atoms with Gasteiger partial charge < -0.3 is 15.2 Å². The molecule has 1 amide bonds. The number of carbonyl (C=O) groups excluding carboxylic acids is 1. The summed E-state index contributed by atoms with van der Waals surface area (Å²) in [5, 5.41) is 12.2. The Balaban J connectivity index is 2.08. The quantitative estimate of drug-likeness (QED) is 0.848. The molecule has 0 saturated carbocycles. The lowest BCUT2D eigenvalue weighted by Gasteiger charge is -2.12. The zero-order valence-electron chi connectivity index (χ0n) is 11.7. The van der Waals surface area contributed by atoms with Crippen LogP contribution in [0.1, 0.15) is 15.9 Å². The van der Waals surface area contributed by atoms with Crippen LogP contribution in [0.3, 0.4) is 0 Å². The maximum atomic E-state index is 12.2. The molecule has 0 fully saturated rings. The zero-order chi connectivity index (χ0) is 15.9. The second kappa shape index (κ2) is 8.03. The van der Waals surface area contributed by atoms with E-state index in [9.17, 15) is 4.79 Å². The van der Waals surface area contributed by atoms with E-state index in [2.05, 4.69) is 5.32 Å². The fourth-order valence-electron chi connectivity index (χ4n) is 1.92. The molecule has 0 saturated heterocycles. The number of hydrogen-bond acceptors (Lipinski definition) is 3. The summed E-state index contributed by atoms with van der Waals surface area (Å²) in [5.74, 6) is 0.259. The highest BCUT2D eigenvalue weighted by Crippen LogP contribution is 2.24. The monoisotopic (exact) mass is 339 g/mol. The normalized spacial score (nSPS) is 10.3. The third kappa shape index (κ3) is 4.13. The number of rotatable bonds is 6. The standard InChI is InChI=1S/C16H15Cl2NO3/c17-12-5-3-6-13(18)15(12)16(21)19-10-11-4-1-2-7-14(11)22-9-8-20/h1-7,20H,8-10H2,(H,19,21). The molecular weight excluding hydrogens is 325 g/mol. The van der Waals surface area contributed by atoms with Crippen molar-refractivity contribution in [3.05, 3.63) is 63.6 Å². The number of hydrogen-bond donors (Lipinski definition) is 2. The van der Waals surface area contributed by atoms with Gasteiger partial charge in [-0.25, -0.2) is 0 Å². The van der Waals surface area contributed by atoms with Gasteiger partial charge in [-0.2, -0.15) is 0 Å². The molecule has 4 nitrogen and oxygen atoms in total. The van der Waals surface area contributed by atoms with Crippen molar-refractivity contribution in [3.63, 3.8) is 0 Å². The second-order valence-electron chi connectivity index (χ2n) is 4.46. The van der Waals surface area contributed by atoms with Crippen LogP contribution in [-0.2, 0) is 6.54 Å². The van der Waals surface area contributed by atoms with E-state index >= 15 is 0 Å². The fraction of sp³-hybridized carbons (Fsp3) is 0.188. The molecule has 0 atom stereocenters. The Hall–Kier alpha value is -1.75. The number of para-hydroxylation sites is 1. The number of carbonyl (C=O) groups is 1. The number of ether oxygens (including phenoxy) is 1. The van der Waals surface area contributed by atoms with Gasteiger partial charge in [0.1, 0.15) is 12.4 Å². The van der Waals surface area contributed by atoms with Gasteiger partial charge in [-0.3, -0.25) is 4.79 Å². The van der Waals surface area contributed by atoms with Crippen molar-refractivity contribution in [2.75, 3.05) is 13.2 Å². The Bertz CT molecular complexity index is 641. The summed E-state index contributed by atoms with van der Waals surface area (Å²) in [6.07, 6.45) is 0. The van der Waals surface area contributed by atoms with Gasteiger partial charge in [0.15, 0.2) is 0 Å². The molecule has 2 rings (SSSR count). The number of amides is 1. The minimum atomic E-state index is -0.354. The smallest absolute Gasteiger partial charge is 0.254 e. The molecule has 0 unspecified atom stereocenters. The fourth-order valence-corrected chi connectivity index (χ4v) is 2.49. The number of benzene rings is 2. The van der Waals surface area contributed by atoms with Gasteiger partial charge in [0.05, 0.1) is 22.2 Å². The Morgan fingerprint density at radius 3 is 2.45 bits per heavy atom. The van der Waals surface area contributed by atoms with Gasteiger partial charge in [0.25, 0.3) is 5.91 Å². The first-order valence-corrected chi connectivity index (χ1v) is 7.43. The number of aliphatic hydroxyl groups excluding tert-OH is 1. The van der Waals surface area contributed by atoms with E-state index in [4.69, 9.17) is 33.0 Å². The molecule has 0 spiro atoms. The van der Waals surface area contributed by atoms with Crippen LogP contribution in [0.25, 0.3) is 0 Å². The van der Waals surface area contributed by atoms with Crippen LogP contribution in [-0.4, -0.2) is 24.2 Å². The van der Waals surface area contributed by atoms with Crippen LogP contribution in [0.2, 0.25) is 10.0 Å². The lowest BCUT2D eigenvalue weighted by molar-refractivity contribution is 0.0950. The van der Waals surface area contributed by atoms with Crippen LogP contribution in [0.15, 0.2) is 42.5 Å².